The van der Waals surface area contributed by atoms with E-state index in [9.17, 15) is 4.79 Å². The van der Waals surface area contributed by atoms with Crippen molar-refractivity contribution >= 4 is 16.9 Å². The largest absolute Gasteiger partial charge is 0.494 e. The predicted molar refractivity (Wildman–Crippen MR) is 126 cm³/mol. The van der Waals surface area contributed by atoms with Crippen LogP contribution in [0.4, 0.5) is 0 Å². The van der Waals surface area contributed by atoms with Crippen molar-refractivity contribution in [2.24, 2.45) is 0 Å². The predicted octanol–water partition coefficient (Wildman–Crippen LogP) is 4.49. The van der Waals surface area contributed by atoms with Crippen LogP contribution in [-0.2, 0) is 13.0 Å². The maximum atomic E-state index is 12.3. The Morgan fingerprint density at radius 3 is 2.53 bits per heavy atom. The minimum atomic E-state index is -0.0731. The summed E-state index contributed by atoms with van der Waals surface area (Å²) >= 11 is 0. The van der Waals surface area contributed by atoms with Gasteiger partial charge in [-0.3, -0.25) is 4.79 Å². The smallest absolute Gasteiger partial charge is 0.251 e. The number of rotatable bonds is 9. The normalized spacial score (nSPS) is 10.9. The van der Waals surface area contributed by atoms with Crippen LogP contribution in [-0.4, -0.2) is 34.1 Å². The maximum absolute atomic E-state index is 12.3. The molecule has 1 aromatic heterocycles. The molecule has 0 fully saturated rings. The zero-order chi connectivity index (χ0) is 22.3. The van der Waals surface area contributed by atoms with Crippen LogP contribution in [0.25, 0.3) is 11.0 Å². The van der Waals surface area contributed by atoms with Crippen LogP contribution in [0, 0.1) is 13.8 Å². The van der Waals surface area contributed by atoms with E-state index < -0.39 is 0 Å². The van der Waals surface area contributed by atoms with Crippen LogP contribution in [0.2, 0.25) is 0 Å². The van der Waals surface area contributed by atoms with Crippen LogP contribution in [0.3, 0.4) is 0 Å². The molecule has 3 aromatic carbocycles. The number of nitrogens with one attached hydrogen (secondary N) is 1. The highest BCUT2D eigenvalue weighted by Crippen LogP contribution is 2.18. The molecule has 32 heavy (non-hydrogen) atoms. The van der Waals surface area contributed by atoms with Crippen molar-refractivity contribution < 1.29 is 9.53 Å². The van der Waals surface area contributed by atoms with Gasteiger partial charge < -0.3 is 10.1 Å². The van der Waals surface area contributed by atoms with Gasteiger partial charge in [0.05, 0.1) is 12.1 Å². The molecule has 1 amide bonds. The molecule has 0 unspecified atom stereocenters. The Kier molecular flexibility index (Phi) is 6.80. The average molecular weight is 429 g/mol. The summed E-state index contributed by atoms with van der Waals surface area (Å²) in [5.74, 6) is 0.678. The van der Waals surface area contributed by atoms with Crippen LogP contribution >= 0.6 is 0 Å². The van der Waals surface area contributed by atoms with Crippen LogP contribution in [0.1, 0.15) is 33.5 Å². The molecule has 6 nitrogen and oxygen atoms in total. The van der Waals surface area contributed by atoms with Gasteiger partial charge in [0.15, 0.2) is 0 Å². The summed E-state index contributed by atoms with van der Waals surface area (Å²) in [4.78, 5) is 12.3. The second kappa shape index (κ2) is 10.1. The van der Waals surface area contributed by atoms with Crippen LogP contribution in [0.5, 0.6) is 5.75 Å². The Labute approximate surface area is 188 Å². The fourth-order valence-electron chi connectivity index (χ4n) is 3.56. The van der Waals surface area contributed by atoms with E-state index in [1.54, 1.807) is 12.1 Å². The van der Waals surface area contributed by atoms with Gasteiger partial charge in [0.25, 0.3) is 5.91 Å². The maximum Gasteiger partial charge on any atom is 0.251 e. The van der Waals surface area contributed by atoms with Crippen LogP contribution in [0.15, 0.2) is 66.7 Å². The number of carbonyl (C=O) groups is 1. The molecule has 0 saturated carbocycles. The highest BCUT2D eigenvalue weighted by molar-refractivity contribution is 5.94. The molecular formula is C26H28N4O2. The number of carbonyl (C=O) groups excluding carboxylic acids is 1. The van der Waals surface area contributed by atoms with Gasteiger partial charge in [-0.2, -0.15) is 0 Å². The van der Waals surface area contributed by atoms with E-state index in [2.05, 4.69) is 53.7 Å². The zero-order valence-electron chi connectivity index (χ0n) is 18.5. The fraction of sp³-hybridized carbons (Fsp3) is 0.269. The van der Waals surface area contributed by atoms with Crippen LogP contribution < -0.4 is 10.1 Å². The molecule has 4 rings (SSSR count). The van der Waals surface area contributed by atoms with E-state index in [1.165, 1.54) is 16.7 Å². The van der Waals surface area contributed by atoms with Gasteiger partial charge in [-0.05, 0) is 73.4 Å². The Morgan fingerprint density at radius 1 is 1.00 bits per heavy atom. The molecule has 0 aliphatic rings. The summed E-state index contributed by atoms with van der Waals surface area (Å²) in [5.41, 5.74) is 6.27. The molecule has 1 heterocycles. The lowest BCUT2D eigenvalue weighted by Crippen LogP contribution is -2.25. The SMILES string of the molecule is Cc1cc2nnn(CCCOc3ccc(C(=O)NCCc4ccccc4)cc3)c2cc1C. The minimum Gasteiger partial charge on any atom is -0.494 e. The van der Waals surface area contributed by atoms with Crippen molar-refractivity contribution in [2.45, 2.75) is 33.2 Å². The Bertz CT molecular complexity index is 1180. The summed E-state index contributed by atoms with van der Waals surface area (Å²) in [6.45, 7) is 6.09. The number of aromatic nitrogens is 3. The molecule has 0 aliphatic heterocycles. The first-order valence-electron chi connectivity index (χ1n) is 11.0. The fourth-order valence-corrected chi connectivity index (χ4v) is 3.56. The number of ether oxygens (including phenoxy) is 1. The second-order valence-electron chi connectivity index (χ2n) is 7.96. The van der Waals surface area contributed by atoms with E-state index in [1.807, 2.05) is 35.0 Å². The third-order valence-corrected chi connectivity index (χ3v) is 5.57. The lowest BCUT2D eigenvalue weighted by atomic mass is 10.1. The summed E-state index contributed by atoms with van der Waals surface area (Å²) in [5, 5.41) is 11.5. The van der Waals surface area contributed by atoms with Gasteiger partial charge in [-0.15, -0.1) is 5.10 Å². The lowest BCUT2D eigenvalue weighted by Gasteiger charge is -2.09. The van der Waals surface area contributed by atoms with Gasteiger partial charge in [-0.25, -0.2) is 4.68 Å². The molecule has 0 bridgehead atoms. The van der Waals surface area contributed by atoms with Crippen molar-refractivity contribution in [1.29, 1.82) is 0 Å². The topological polar surface area (TPSA) is 69.0 Å². The Morgan fingerprint density at radius 2 is 1.75 bits per heavy atom. The second-order valence-corrected chi connectivity index (χ2v) is 7.96. The number of aryl methyl sites for hydroxylation is 3. The van der Waals surface area contributed by atoms with Gasteiger partial charge in [0, 0.05) is 25.1 Å². The quantitative estimate of drug-likeness (QED) is 0.399. The molecule has 0 spiro atoms. The number of fused-ring (bicyclic) bond motifs is 1. The van der Waals surface area contributed by atoms with Crippen molar-refractivity contribution in [2.75, 3.05) is 13.2 Å². The first kappa shape index (κ1) is 21.6. The molecule has 0 radical (unpaired) electrons. The zero-order valence-corrected chi connectivity index (χ0v) is 18.5. The average Bonchev–Trinajstić information content (AvgIpc) is 3.19. The highest BCUT2D eigenvalue weighted by Gasteiger charge is 2.08. The molecule has 0 saturated heterocycles. The lowest BCUT2D eigenvalue weighted by molar-refractivity contribution is 0.0954. The Balaban J connectivity index is 1.22. The number of amides is 1. The molecule has 0 atom stereocenters. The molecule has 4 aromatic rings. The summed E-state index contributed by atoms with van der Waals surface area (Å²) in [7, 11) is 0. The molecule has 164 valence electrons. The summed E-state index contributed by atoms with van der Waals surface area (Å²) in [6, 6.07) is 21.6. The molecule has 6 heteroatoms. The molecular weight excluding hydrogens is 400 g/mol. The summed E-state index contributed by atoms with van der Waals surface area (Å²) in [6.07, 6.45) is 1.63. The van der Waals surface area contributed by atoms with Crippen molar-refractivity contribution in [3.8, 4) is 5.75 Å². The van der Waals surface area contributed by atoms with Gasteiger partial charge in [-0.1, -0.05) is 35.5 Å². The van der Waals surface area contributed by atoms with Gasteiger partial charge in [0.1, 0.15) is 11.3 Å². The molecule has 1 N–H and O–H groups in total. The summed E-state index contributed by atoms with van der Waals surface area (Å²) < 4.78 is 7.76. The monoisotopic (exact) mass is 428 g/mol. The van der Waals surface area contributed by atoms with E-state index in [0.717, 1.165) is 36.2 Å². The van der Waals surface area contributed by atoms with E-state index in [4.69, 9.17) is 4.74 Å². The Hall–Kier alpha value is -3.67. The van der Waals surface area contributed by atoms with Gasteiger partial charge in [0.2, 0.25) is 0 Å². The minimum absolute atomic E-state index is 0.0731. The van der Waals surface area contributed by atoms with Gasteiger partial charge >= 0.3 is 0 Å². The number of nitrogens with zero attached hydrogens (tertiary/aromatic N) is 3. The highest BCUT2D eigenvalue weighted by atomic mass is 16.5. The van der Waals surface area contributed by atoms with E-state index in [0.29, 0.717) is 18.7 Å². The third-order valence-electron chi connectivity index (χ3n) is 5.57. The number of hydrogen-bond donors (Lipinski definition) is 1. The van der Waals surface area contributed by atoms with E-state index >= 15 is 0 Å². The van der Waals surface area contributed by atoms with Crippen molar-refractivity contribution in [1.82, 2.24) is 20.3 Å². The number of benzene rings is 3. The van der Waals surface area contributed by atoms with Crippen molar-refractivity contribution in [3.63, 3.8) is 0 Å². The number of hydrogen-bond acceptors (Lipinski definition) is 4. The van der Waals surface area contributed by atoms with E-state index in [-0.39, 0.29) is 5.91 Å². The standard InChI is InChI=1S/C26H28N4O2/c1-19-17-24-25(18-20(19)2)30(29-28-24)15-6-16-32-23-11-9-22(10-12-23)26(31)27-14-13-21-7-4-3-5-8-21/h3-5,7-12,17-18H,6,13-16H2,1-2H3,(H,27,31). The first-order valence-corrected chi connectivity index (χ1v) is 11.0. The van der Waals surface area contributed by atoms with Crippen molar-refractivity contribution in [3.05, 3.63) is 89.0 Å². The third kappa shape index (κ3) is 5.32. The molecule has 0 aliphatic carbocycles. The first-order chi connectivity index (χ1) is 15.6.